The Bertz CT molecular complexity index is 1180. The van der Waals surface area contributed by atoms with Crippen LogP contribution in [0.5, 0.6) is 5.75 Å². The number of amides is 1. The van der Waals surface area contributed by atoms with Gasteiger partial charge in [0, 0.05) is 34.2 Å². The normalized spacial score (nSPS) is 11.0. The predicted molar refractivity (Wildman–Crippen MR) is 99.2 cm³/mol. The van der Waals surface area contributed by atoms with Crippen LogP contribution in [-0.2, 0) is 0 Å². The Kier molecular flexibility index (Phi) is 3.69. The first-order chi connectivity index (χ1) is 12.6. The number of hydrogen-bond donors (Lipinski definition) is 2. The van der Waals surface area contributed by atoms with Crippen LogP contribution in [0.25, 0.3) is 33.4 Å². The molecule has 128 valence electrons. The standard InChI is InChI=1S/C21H16N2O3/c1-25-13-7-9-17-19(11-13)26-18-10-12(22)6-8-16(18)20(17)14-4-2-3-5-15(14)21(23)24/h2-11,22H,1H3,(H2,23,24). The third-order valence-electron chi connectivity index (χ3n) is 4.39. The van der Waals surface area contributed by atoms with Crippen molar-refractivity contribution < 1.29 is 13.9 Å². The minimum absolute atomic E-state index is 0.345. The molecule has 0 fully saturated rings. The summed E-state index contributed by atoms with van der Waals surface area (Å²) in [7, 11) is 1.59. The summed E-state index contributed by atoms with van der Waals surface area (Å²) >= 11 is 0. The molecule has 2 aliphatic rings. The lowest BCUT2D eigenvalue weighted by atomic mass is 9.90. The summed E-state index contributed by atoms with van der Waals surface area (Å²) in [4.78, 5) is 12.0. The molecule has 5 heteroatoms. The number of fused-ring (bicyclic) bond motifs is 2. The molecule has 2 aromatic carbocycles. The van der Waals surface area contributed by atoms with Crippen LogP contribution in [0.4, 0.5) is 0 Å². The first-order valence-corrected chi connectivity index (χ1v) is 8.07. The molecule has 0 bridgehead atoms. The number of ether oxygens (including phenoxy) is 1. The third-order valence-corrected chi connectivity index (χ3v) is 4.39. The van der Waals surface area contributed by atoms with E-state index in [0.29, 0.717) is 28.0 Å². The van der Waals surface area contributed by atoms with E-state index in [1.807, 2.05) is 30.3 Å². The molecule has 26 heavy (non-hydrogen) atoms. The fourth-order valence-electron chi connectivity index (χ4n) is 3.20. The fraction of sp³-hybridized carbons (Fsp3) is 0.0476. The van der Waals surface area contributed by atoms with Gasteiger partial charge in [-0.2, -0.15) is 0 Å². The highest BCUT2D eigenvalue weighted by atomic mass is 16.5. The summed E-state index contributed by atoms with van der Waals surface area (Å²) in [6, 6.07) is 18.0. The topological polar surface area (TPSA) is 89.3 Å². The van der Waals surface area contributed by atoms with Crippen LogP contribution in [0.2, 0.25) is 0 Å². The first kappa shape index (κ1) is 15.9. The molecule has 1 aliphatic carbocycles. The highest BCUT2D eigenvalue weighted by Crippen LogP contribution is 2.41. The van der Waals surface area contributed by atoms with E-state index in [2.05, 4.69) is 0 Å². The number of rotatable bonds is 3. The van der Waals surface area contributed by atoms with Crippen molar-refractivity contribution >= 4 is 16.9 Å². The molecule has 3 N–H and O–H groups in total. The Morgan fingerprint density at radius 3 is 2.62 bits per heavy atom. The summed E-state index contributed by atoms with van der Waals surface area (Å²) in [5.74, 6) is 0.734. The molecule has 0 radical (unpaired) electrons. The predicted octanol–water partition coefficient (Wildman–Crippen LogP) is 3.79. The third kappa shape index (κ3) is 2.50. The second kappa shape index (κ2) is 6.04. The minimum Gasteiger partial charge on any atom is -0.497 e. The van der Waals surface area contributed by atoms with E-state index in [0.717, 1.165) is 22.1 Å². The molecular weight excluding hydrogens is 328 g/mol. The molecule has 0 saturated carbocycles. The van der Waals surface area contributed by atoms with Crippen molar-refractivity contribution in [1.29, 1.82) is 5.41 Å². The number of carbonyl (C=O) groups excluding carboxylic acids is 1. The van der Waals surface area contributed by atoms with Crippen molar-refractivity contribution in [3.8, 4) is 28.2 Å². The summed E-state index contributed by atoms with van der Waals surface area (Å²) in [6.07, 6.45) is 0. The molecular formula is C21H16N2O3. The second-order valence-electron chi connectivity index (χ2n) is 5.96. The van der Waals surface area contributed by atoms with E-state index >= 15 is 0 Å². The van der Waals surface area contributed by atoms with Gasteiger partial charge in [0.25, 0.3) is 0 Å². The summed E-state index contributed by atoms with van der Waals surface area (Å²) < 4.78 is 11.3. The molecule has 1 aliphatic heterocycles. The Hall–Kier alpha value is -3.60. The molecule has 0 unspecified atom stereocenters. The SMILES string of the molecule is COc1ccc2c(-c3ccccc3C(N)=O)c3ccc(=N)cc-3oc2c1. The van der Waals surface area contributed by atoms with Gasteiger partial charge in [-0.05, 0) is 35.9 Å². The van der Waals surface area contributed by atoms with Gasteiger partial charge in [0.15, 0.2) is 0 Å². The number of nitrogens with two attached hydrogens (primary N) is 1. The van der Waals surface area contributed by atoms with Gasteiger partial charge in [0.2, 0.25) is 5.91 Å². The molecule has 0 atom stereocenters. The molecule has 0 spiro atoms. The van der Waals surface area contributed by atoms with Crippen LogP contribution in [0.15, 0.2) is 65.1 Å². The van der Waals surface area contributed by atoms with Gasteiger partial charge in [-0.3, -0.25) is 4.79 Å². The molecule has 2 aromatic rings. The van der Waals surface area contributed by atoms with Gasteiger partial charge in [0.05, 0.1) is 12.5 Å². The zero-order valence-electron chi connectivity index (χ0n) is 14.1. The lowest BCUT2D eigenvalue weighted by molar-refractivity contribution is 0.100. The van der Waals surface area contributed by atoms with Crippen LogP contribution in [0.3, 0.4) is 0 Å². The summed E-state index contributed by atoms with van der Waals surface area (Å²) in [5, 5.41) is 9.07. The van der Waals surface area contributed by atoms with Crippen molar-refractivity contribution in [3.05, 3.63) is 71.6 Å². The van der Waals surface area contributed by atoms with Crippen molar-refractivity contribution in [1.82, 2.24) is 0 Å². The molecule has 5 nitrogen and oxygen atoms in total. The molecule has 4 rings (SSSR count). The number of carbonyl (C=O) groups is 1. The number of benzene rings is 3. The lowest BCUT2D eigenvalue weighted by Gasteiger charge is -2.17. The van der Waals surface area contributed by atoms with Crippen molar-refractivity contribution in [2.45, 2.75) is 0 Å². The summed E-state index contributed by atoms with van der Waals surface area (Å²) in [5.41, 5.74) is 9.03. The van der Waals surface area contributed by atoms with E-state index in [4.69, 9.17) is 20.3 Å². The Morgan fingerprint density at radius 2 is 1.85 bits per heavy atom. The maximum absolute atomic E-state index is 12.0. The summed E-state index contributed by atoms with van der Waals surface area (Å²) in [6.45, 7) is 0. The molecule has 1 amide bonds. The van der Waals surface area contributed by atoms with Crippen LogP contribution >= 0.6 is 0 Å². The van der Waals surface area contributed by atoms with Crippen LogP contribution in [0.1, 0.15) is 10.4 Å². The maximum atomic E-state index is 12.0. The van der Waals surface area contributed by atoms with Crippen molar-refractivity contribution in [3.63, 3.8) is 0 Å². The highest BCUT2D eigenvalue weighted by molar-refractivity contribution is 6.08. The minimum atomic E-state index is -0.492. The van der Waals surface area contributed by atoms with E-state index in [1.54, 1.807) is 37.4 Å². The van der Waals surface area contributed by atoms with Gasteiger partial charge >= 0.3 is 0 Å². The van der Waals surface area contributed by atoms with Crippen molar-refractivity contribution in [2.24, 2.45) is 5.73 Å². The molecule has 1 heterocycles. The number of methoxy groups -OCH3 is 1. The Labute approximate surface area is 149 Å². The molecule has 0 aromatic heterocycles. The Balaban J connectivity index is 2.19. The van der Waals surface area contributed by atoms with Gasteiger partial charge in [-0.1, -0.05) is 18.2 Å². The first-order valence-electron chi connectivity index (χ1n) is 8.07. The van der Waals surface area contributed by atoms with E-state index in [-0.39, 0.29) is 0 Å². The largest absolute Gasteiger partial charge is 0.497 e. The lowest BCUT2D eigenvalue weighted by Crippen LogP contribution is -2.12. The van der Waals surface area contributed by atoms with E-state index in [9.17, 15) is 4.79 Å². The van der Waals surface area contributed by atoms with Gasteiger partial charge < -0.3 is 20.3 Å². The van der Waals surface area contributed by atoms with Gasteiger partial charge in [-0.25, -0.2) is 0 Å². The fourth-order valence-corrected chi connectivity index (χ4v) is 3.20. The number of primary amides is 1. The monoisotopic (exact) mass is 344 g/mol. The smallest absolute Gasteiger partial charge is 0.249 e. The van der Waals surface area contributed by atoms with Crippen LogP contribution in [0, 0.1) is 5.41 Å². The Morgan fingerprint density at radius 1 is 1.04 bits per heavy atom. The number of hydrogen-bond acceptors (Lipinski definition) is 4. The van der Waals surface area contributed by atoms with Crippen LogP contribution < -0.4 is 15.8 Å². The molecule has 0 saturated heterocycles. The zero-order valence-corrected chi connectivity index (χ0v) is 14.1. The van der Waals surface area contributed by atoms with E-state index < -0.39 is 5.91 Å². The second-order valence-corrected chi connectivity index (χ2v) is 5.96. The van der Waals surface area contributed by atoms with Gasteiger partial charge in [0.1, 0.15) is 17.1 Å². The van der Waals surface area contributed by atoms with E-state index in [1.165, 1.54) is 0 Å². The number of nitrogens with one attached hydrogen (secondary N) is 1. The maximum Gasteiger partial charge on any atom is 0.249 e. The van der Waals surface area contributed by atoms with Crippen LogP contribution in [-0.4, -0.2) is 13.0 Å². The van der Waals surface area contributed by atoms with Crippen molar-refractivity contribution in [2.75, 3.05) is 7.11 Å². The van der Waals surface area contributed by atoms with Gasteiger partial charge in [-0.15, -0.1) is 0 Å². The zero-order chi connectivity index (χ0) is 18.3. The highest BCUT2D eigenvalue weighted by Gasteiger charge is 2.20. The quantitative estimate of drug-likeness (QED) is 0.554. The average molecular weight is 344 g/mol. The average Bonchev–Trinajstić information content (AvgIpc) is 2.65.